The van der Waals surface area contributed by atoms with Crippen LogP contribution in [0.25, 0.3) is 0 Å². The van der Waals surface area contributed by atoms with Gasteiger partial charge in [0.2, 0.25) is 0 Å². The van der Waals surface area contributed by atoms with Gasteiger partial charge >= 0.3 is 5.97 Å². The van der Waals surface area contributed by atoms with E-state index >= 15 is 0 Å². The van der Waals surface area contributed by atoms with E-state index in [0.717, 1.165) is 64.6 Å². The Morgan fingerprint density at radius 1 is 1.16 bits per heavy atom. The van der Waals surface area contributed by atoms with Gasteiger partial charge in [-0.25, -0.2) is 0 Å². The minimum atomic E-state index is -0.631. The van der Waals surface area contributed by atoms with Crippen molar-refractivity contribution in [3.8, 4) is 0 Å². The van der Waals surface area contributed by atoms with Crippen LogP contribution in [0.1, 0.15) is 99.5 Å². The molecule has 4 aliphatic rings. The molecule has 278 valence electrons. The van der Waals surface area contributed by atoms with Gasteiger partial charge in [0.1, 0.15) is 6.04 Å². The number of hydrogen-bond donors (Lipinski definition) is 3. The summed E-state index contributed by atoms with van der Waals surface area (Å²) in [5.41, 5.74) is 6.49. The van der Waals surface area contributed by atoms with Crippen LogP contribution in [0, 0.1) is 57.2 Å². The maximum atomic E-state index is 13.4. The fraction of sp³-hybridized carbons (Fsp3) is 0.895. The van der Waals surface area contributed by atoms with Gasteiger partial charge in [0.05, 0.1) is 25.2 Å². The Bertz CT molecular complexity index is 1330. The molecule has 1 heterocycles. The van der Waals surface area contributed by atoms with Crippen LogP contribution in [-0.4, -0.2) is 96.3 Å². The van der Waals surface area contributed by atoms with Crippen LogP contribution >= 0.6 is 0 Å². The maximum Gasteiger partial charge on any atom is 0.307 e. The lowest BCUT2D eigenvalue weighted by Gasteiger charge is -2.69. The van der Waals surface area contributed by atoms with Crippen molar-refractivity contribution in [2.45, 2.75) is 106 Å². The van der Waals surface area contributed by atoms with Gasteiger partial charge < -0.3 is 30.5 Å². The Balaban J connectivity index is 1.49. The normalized spacial score (nSPS) is 39.6. The highest BCUT2D eigenvalue weighted by atomic mass is 16.5. The third-order valence-electron chi connectivity index (χ3n) is 14.8. The summed E-state index contributed by atoms with van der Waals surface area (Å²) in [5, 5.41) is 27.6. The van der Waals surface area contributed by atoms with Crippen molar-refractivity contribution in [2.75, 3.05) is 59.8 Å². The van der Waals surface area contributed by atoms with Crippen molar-refractivity contribution < 1.29 is 19.4 Å². The predicted octanol–water partition coefficient (Wildman–Crippen LogP) is 5.56. The van der Waals surface area contributed by atoms with Gasteiger partial charge in [-0.2, -0.15) is 4.80 Å². The number of nitrogens with two attached hydrogens (primary N) is 1. The fourth-order valence-corrected chi connectivity index (χ4v) is 11.8. The zero-order chi connectivity index (χ0) is 35.9. The number of nitrogens with zero attached hydrogens (tertiary/aromatic N) is 5. The lowest BCUT2D eigenvalue weighted by molar-refractivity contribution is -0.200. The first-order valence-electron chi connectivity index (χ1n) is 19.0. The first-order chi connectivity index (χ1) is 23.1. The van der Waals surface area contributed by atoms with Crippen molar-refractivity contribution in [1.29, 1.82) is 0 Å². The predicted molar refractivity (Wildman–Crippen MR) is 193 cm³/mol. The summed E-state index contributed by atoms with van der Waals surface area (Å²) in [6.45, 7) is 20.1. The lowest BCUT2D eigenvalue weighted by atomic mass is 9.35. The van der Waals surface area contributed by atoms with E-state index in [9.17, 15) is 9.90 Å². The summed E-state index contributed by atoms with van der Waals surface area (Å²) < 4.78 is 12.9. The average molecular weight is 686 g/mol. The number of hydrogen-bond acceptors (Lipinski definition) is 9. The largest absolute Gasteiger partial charge is 0.481 e. The van der Waals surface area contributed by atoms with E-state index < -0.39 is 11.9 Å². The molecule has 11 heteroatoms. The van der Waals surface area contributed by atoms with Gasteiger partial charge in [0, 0.05) is 19.1 Å². The number of nitrogens with one attached hydrogen (secondary N) is 1. The zero-order valence-electron chi connectivity index (χ0n) is 32.2. The molecule has 1 aromatic heterocycles. The molecule has 0 bridgehead atoms. The first kappa shape index (κ1) is 38.2. The number of allylic oxidation sites excluding steroid dienone is 1. The standard InChI is InChI=1S/C38H67N7O4/c1-24(2)26(4)35(5)16-17-36(6)28-13-12-27-25(3)31(49-21-19-40-18-11-20-44(8)9)30(45-42-34(39)41-43-45)22-38(27,23-48-10)29(28)14-15-37(36,7)32(35)33(46)47/h14,24-28,30-32,40H,11-13,15-23H2,1-10H3,(H2,39,42)(H,46,47)/t25-,26+,27-,28-,30+,31+,32+,35+,36+,37-,38+/m0/s1. The zero-order valence-corrected chi connectivity index (χ0v) is 32.2. The van der Waals surface area contributed by atoms with Gasteiger partial charge in [-0.1, -0.05) is 65.2 Å². The summed E-state index contributed by atoms with van der Waals surface area (Å²) in [4.78, 5) is 17.3. The molecule has 11 nitrogen and oxygen atoms in total. The van der Waals surface area contributed by atoms with Crippen LogP contribution in [-0.2, 0) is 14.3 Å². The number of anilines is 1. The topological polar surface area (TPSA) is 141 Å². The van der Waals surface area contributed by atoms with Gasteiger partial charge in [-0.3, -0.25) is 4.79 Å². The van der Waals surface area contributed by atoms with Gasteiger partial charge in [0.15, 0.2) is 0 Å². The summed E-state index contributed by atoms with van der Waals surface area (Å²) in [6.07, 6.45) is 9.08. The molecule has 0 amide bonds. The van der Waals surface area contributed by atoms with Crippen LogP contribution in [0.3, 0.4) is 0 Å². The first-order valence-corrected chi connectivity index (χ1v) is 19.0. The second-order valence-corrected chi connectivity index (χ2v) is 17.7. The molecule has 0 aliphatic heterocycles. The number of nitrogen functional groups attached to an aromatic ring is 1. The van der Waals surface area contributed by atoms with E-state index in [-0.39, 0.29) is 51.6 Å². The third-order valence-corrected chi connectivity index (χ3v) is 14.8. The number of aromatic nitrogens is 4. The Hall–Kier alpha value is -2.08. The minimum absolute atomic E-state index is 0.0990. The van der Waals surface area contributed by atoms with Crippen molar-refractivity contribution in [3.63, 3.8) is 0 Å². The maximum absolute atomic E-state index is 13.4. The Morgan fingerprint density at radius 2 is 1.90 bits per heavy atom. The smallest absolute Gasteiger partial charge is 0.307 e. The van der Waals surface area contributed by atoms with Crippen molar-refractivity contribution in [2.24, 2.45) is 57.2 Å². The minimum Gasteiger partial charge on any atom is -0.481 e. The summed E-state index contributed by atoms with van der Waals surface area (Å²) in [6, 6.07) is -0.158. The average Bonchev–Trinajstić information content (AvgIpc) is 3.47. The number of ether oxygens (including phenoxy) is 2. The molecule has 49 heavy (non-hydrogen) atoms. The molecule has 0 aromatic carbocycles. The Kier molecular flexibility index (Phi) is 11.3. The second kappa shape index (κ2) is 14.5. The molecule has 0 saturated heterocycles. The highest BCUT2D eigenvalue weighted by Crippen LogP contribution is 2.73. The number of fused-ring (bicyclic) bond motifs is 5. The van der Waals surface area contributed by atoms with E-state index in [4.69, 9.17) is 15.2 Å². The van der Waals surface area contributed by atoms with E-state index in [2.05, 4.69) is 94.3 Å². The number of carbonyl (C=O) groups is 1. The van der Waals surface area contributed by atoms with Crippen LogP contribution in [0.2, 0.25) is 0 Å². The summed E-state index contributed by atoms with van der Waals surface area (Å²) in [5.74, 6) is 0.693. The van der Waals surface area contributed by atoms with Crippen molar-refractivity contribution in [3.05, 3.63) is 11.6 Å². The molecule has 0 radical (unpaired) electrons. The third kappa shape index (κ3) is 6.48. The molecular formula is C38H67N7O4. The highest BCUT2D eigenvalue weighted by Gasteiger charge is 2.69. The number of aliphatic carboxylic acids is 1. The van der Waals surface area contributed by atoms with E-state index in [0.29, 0.717) is 31.0 Å². The van der Waals surface area contributed by atoms with Crippen LogP contribution in [0.15, 0.2) is 11.6 Å². The van der Waals surface area contributed by atoms with Crippen LogP contribution in [0.4, 0.5) is 5.95 Å². The molecule has 11 atom stereocenters. The molecule has 5 rings (SSSR count). The Morgan fingerprint density at radius 3 is 2.51 bits per heavy atom. The van der Waals surface area contributed by atoms with E-state index in [1.54, 1.807) is 4.80 Å². The number of methoxy groups -OCH3 is 1. The SMILES string of the molecule is COC[C@]12C[C@@H](n3nnc(N)n3)[C@H](OCCNCCCN(C)C)[C@@H](C)[C@@H]1CC[C@H]1C2=CC[C@@]2(C)[C@H](C(=O)O)[C@@](C)([C@H](C)C(C)C)CC[C@]12C. The van der Waals surface area contributed by atoms with Gasteiger partial charge in [0.25, 0.3) is 5.95 Å². The molecule has 3 saturated carbocycles. The summed E-state index contributed by atoms with van der Waals surface area (Å²) in [7, 11) is 6.02. The highest BCUT2D eigenvalue weighted by molar-refractivity contribution is 5.73. The molecule has 0 unspecified atom stereocenters. The molecule has 0 spiro atoms. The van der Waals surface area contributed by atoms with Gasteiger partial charge in [-0.15, -0.1) is 5.10 Å². The summed E-state index contributed by atoms with van der Waals surface area (Å²) >= 11 is 0. The fourth-order valence-electron chi connectivity index (χ4n) is 11.8. The molecule has 3 fully saturated rings. The van der Waals surface area contributed by atoms with Crippen molar-refractivity contribution >= 4 is 11.9 Å². The molecule has 1 aromatic rings. The van der Waals surface area contributed by atoms with E-state index in [1.807, 2.05) is 7.11 Å². The lowest BCUT2D eigenvalue weighted by Crippen LogP contribution is -2.65. The van der Waals surface area contributed by atoms with Crippen molar-refractivity contribution in [1.82, 2.24) is 30.4 Å². The van der Waals surface area contributed by atoms with Crippen LogP contribution in [0.5, 0.6) is 0 Å². The monoisotopic (exact) mass is 686 g/mol. The van der Waals surface area contributed by atoms with E-state index in [1.165, 1.54) is 5.57 Å². The molecule has 4 N–H and O–H groups in total. The molecular weight excluding hydrogens is 618 g/mol. The number of tetrazole rings is 1. The van der Waals surface area contributed by atoms with Crippen LogP contribution < -0.4 is 11.1 Å². The number of rotatable bonds is 14. The number of carboxylic acid groups (broad SMARTS) is 1. The second-order valence-electron chi connectivity index (χ2n) is 17.7. The molecule has 4 aliphatic carbocycles. The number of carboxylic acids is 1. The Labute approximate surface area is 295 Å². The quantitative estimate of drug-likeness (QED) is 0.169. The van der Waals surface area contributed by atoms with Gasteiger partial charge in [-0.05, 0) is 123 Å².